The predicted octanol–water partition coefficient (Wildman–Crippen LogP) is 2.95. The Morgan fingerprint density at radius 2 is 2.31 bits per heavy atom. The highest BCUT2D eigenvalue weighted by Gasteiger charge is 2.04. The normalized spacial score (nSPS) is 9.00. The Bertz CT molecular complexity index is 390. The van der Waals surface area contributed by atoms with Crippen LogP contribution in [0.15, 0.2) is 35.0 Å². The molecule has 0 radical (unpaired) electrons. The molecule has 0 bridgehead atoms. The van der Waals surface area contributed by atoms with Crippen molar-refractivity contribution in [1.82, 2.24) is 0 Å². The van der Waals surface area contributed by atoms with E-state index in [9.17, 15) is 4.79 Å². The number of carboxylic acids is 1. The minimum absolute atomic E-state index is 0.254. The molecule has 0 unspecified atom stereocenters. The van der Waals surface area contributed by atoms with E-state index >= 15 is 0 Å². The summed E-state index contributed by atoms with van der Waals surface area (Å²) < 4.78 is 0.827. The highest BCUT2D eigenvalue weighted by atomic mass is 79.9. The zero-order valence-electron chi connectivity index (χ0n) is 6.75. The van der Waals surface area contributed by atoms with Gasteiger partial charge in [-0.25, -0.2) is 4.79 Å². The summed E-state index contributed by atoms with van der Waals surface area (Å²) in [4.78, 5) is 10.6. The molecule has 3 heteroatoms. The summed E-state index contributed by atoms with van der Waals surface area (Å²) >= 11 is 3.29. The first-order valence-corrected chi connectivity index (χ1v) is 4.33. The van der Waals surface area contributed by atoms with Crippen LogP contribution in [0.5, 0.6) is 0 Å². The molecule has 0 heterocycles. The van der Waals surface area contributed by atoms with Gasteiger partial charge in [0, 0.05) is 4.47 Å². The van der Waals surface area contributed by atoms with Gasteiger partial charge in [0.2, 0.25) is 0 Å². The predicted molar refractivity (Wildman–Crippen MR) is 54.7 cm³/mol. The fourth-order valence-corrected chi connectivity index (χ4v) is 1.26. The van der Waals surface area contributed by atoms with Crippen molar-refractivity contribution in [2.45, 2.75) is 0 Å². The molecule has 0 saturated carbocycles. The van der Waals surface area contributed by atoms with Crippen molar-refractivity contribution in [2.75, 3.05) is 0 Å². The summed E-state index contributed by atoms with van der Waals surface area (Å²) in [5.41, 5.74) is 3.61. The van der Waals surface area contributed by atoms with Gasteiger partial charge in [0.25, 0.3) is 0 Å². The fourth-order valence-electron chi connectivity index (χ4n) is 0.897. The van der Waals surface area contributed by atoms with Gasteiger partial charge in [-0.2, -0.15) is 0 Å². The van der Waals surface area contributed by atoms with Gasteiger partial charge < -0.3 is 5.11 Å². The number of halogens is 1. The first-order chi connectivity index (χ1) is 6.15. The van der Waals surface area contributed by atoms with Crippen LogP contribution in [0.1, 0.15) is 15.9 Å². The lowest BCUT2D eigenvalue weighted by atomic mass is 10.1. The summed E-state index contributed by atoms with van der Waals surface area (Å²) in [6, 6.07) is 4.78. The molecule has 0 fully saturated rings. The molecule has 0 aliphatic carbocycles. The van der Waals surface area contributed by atoms with Crippen LogP contribution in [0, 0.1) is 0 Å². The third-order valence-electron chi connectivity index (χ3n) is 1.50. The second kappa shape index (κ2) is 4.08. The maximum atomic E-state index is 10.6. The molecule has 0 atom stereocenters. The molecule has 0 spiro atoms. The third-order valence-corrected chi connectivity index (χ3v) is 2.22. The van der Waals surface area contributed by atoms with Gasteiger partial charge in [-0.05, 0) is 29.8 Å². The lowest BCUT2D eigenvalue weighted by Crippen LogP contribution is -1.96. The zero-order chi connectivity index (χ0) is 9.84. The Morgan fingerprint density at radius 1 is 1.62 bits per heavy atom. The quantitative estimate of drug-likeness (QED) is 0.805. The van der Waals surface area contributed by atoms with Gasteiger partial charge >= 0.3 is 5.97 Å². The summed E-state index contributed by atoms with van der Waals surface area (Å²) in [5.74, 6) is -0.939. The third kappa shape index (κ3) is 2.31. The Balaban J connectivity index is 3.26. The van der Waals surface area contributed by atoms with Crippen molar-refractivity contribution in [3.05, 3.63) is 46.1 Å². The van der Waals surface area contributed by atoms with E-state index in [4.69, 9.17) is 5.11 Å². The van der Waals surface area contributed by atoms with E-state index in [1.807, 2.05) is 0 Å². The number of aromatic carboxylic acids is 1. The fraction of sp³-hybridized carbons (Fsp3) is 0. The Hall–Kier alpha value is -1.31. The first-order valence-electron chi connectivity index (χ1n) is 3.54. The monoisotopic (exact) mass is 238 g/mol. The molecule has 0 aliphatic rings. The summed E-state index contributed by atoms with van der Waals surface area (Å²) in [6.07, 6.45) is 1.62. The van der Waals surface area contributed by atoms with E-state index in [-0.39, 0.29) is 5.56 Å². The molecule has 1 N–H and O–H groups in total. The van der Waals surface area contributed by atoms with E-state index in [0.29, 0.717) is 0 Å². The van der Waals surface area contributed by atoms with Crippen LogP contribution in [-0.2, 0) is 0 Å². The summed E-state index contributed by atoms with van der Waals surface area (Å²) in [5, 5.41) is 8.70. The maximum Gasteiger partial charge on any atom is 0.335 e. The van der Waals surface area contributed by atoms with Gasteiger partial charge in [-0.1, -0.05) is 22.5 Å². The number of carboxylic acid groups (broad SMARTS) is 1. The molecule has 0 saturated heterocycles. The summed E-state index contributed by atoms with van der Waals surface area (Å²) in [6.45, 7) is 3.42. The Morgan fingerprint density at radius 3 is 2.85 bits per heavy atom. The Labute approximate surface area is 84.3 Å². The molecule has 1 rings (SSSR count). The first kappa shape index (κ1) is 9.78. The largest absolute Gasteiger partial charge is 0.478 e. The number of hydrogen-bond donors (Lipinski definition) is 1. The molecule has 1 aromatic carbocycles. The number of hydrogen-bond acceptors (Lipinski definition) is 1. The van der Waals surface area contributed by atoms with E-state index in [1.165, 1.54) is 6.07 Å². The lowest BCUT2D eigenvalue weighted by molar-refractivity contribution is 0.0697. The standard InChI is InChI=1S/C10H7BrO2/c1-2-3-7-6-8(10(12)13)4-5-9(7)11/h3-6H,1H2,(H,12,13). The molecule has 2 nitrogen and oxygen atoms in total. The van der Waals surface area contributed by atoms with Crippen LogP contribution in [0.2, 0.25) is 0 Å². The van der Waals surface area contributed by atoms with Crippen LogP contribution in [0.25, 0.3) is 6.08 Å². The second-order valence-electron chi connectivity index (χ2n) is 2.39. The minimum Gasteiger partial charge on any atom is -0.478 e. The van der Waals surface area contributed by atoms with Crippen LogP contribution < -0.4 is 0 Å². The van der Waals surface area contributed by atoms with E-state index in [0.717, 1.165) is 10.0 Å². The van der Waals surface area contributed by atoms with E-state index in [1.54, 1.807) is 18.2 Å². The van der Waals surface area contributed by atoms with Crippen molar-refractivity contribution >= 4 is 28.0 Å². The molecule has 0 amide bonds. The molecule has 13 heavy (non-hydrogen) atoms. The van der Waals surface area contributed by atoms with Crippen LogP contribution >= 0.6 is 15.9 Å². The summed E-state index contributed by atoms with van der Waals surface area (Å²) in [7, 11) is 0. The van der Waals surface area contributed by atoms with Gasteiger partial charge in [0.1, 0.15) is 0 Å². The maximum absolute atomic E-state index is 10.6. The van der Waals surface area contributed by atoms with Gasteiger partial charge in [0.05, 0.1) is 5.56 Å². The van der Waals surface area contributed by atoms with Crippen molar-refractivity contribution in [2.24, 2.45) is 0 Å². The smallest absolute Gasteiger partial charge is 0.335 e. The van der Waals surface area contributed by atoms with E-state index in [2.05, 4.69) is 28.2 Å². The molecule has 1 aromatic rings. The minimum atomic E-state index is -0.939. The molecule has 0 aromatic heterocycles. The average molecular weight is 239 g/mol. The van der Waals surface area contributed by atoms with Gasteiger partial charge in [-0.15, -0.1) is 5.73 Å². The highest BCUT2D eigenvalue weighted by molar-refractivity contribution is 9.10. The Kier molecular flexibility index (Phi) is 3.07. The molecular formula is C10H7BrO2. The van der Waals surface area contributed by atoms with E-state index < -0.39 is 5.97 Å². The highest BCUT2D eigenvalue weighted by Crippen LogP contribution is 2.19. The average Bonchev–Trinajstić information content (AvgIpc) is 2.08. The topological polar surface area (TPSA) is 37.3 Å². The van der Waals surface area contributed by atoms with Crippen molar-refractivity contribution in [3.8, 4) is 0 Å². The van der Waals surface area contributed by atoms with Crippen LogP contribution in [0.3, 0.4) is 0 Å². The lowest BCUT2D eigenvalue weighted by Gasteiger charge is -1.99. The number of rotatable bonds is 2. The zero-order valence-corrected chi connectivity index (χ0v) is 8.34. The molecule has 66 valence electrons. The van der Waals surface area contributed by atoms with Crippen molar-refractivity contribution in [3.63, 3.8) is 0 Å². The molecular weight excluding hydrogens is 232 g/mol. The second-order valence-corrected chi connectivity index (χ2v) is 3.24. The van der Waals surface area contributed by atoms with Crippen LogP contribution in [0.4, 0.5) is 0 Å². The SMILES string of the molecule is C=C=Cc1cc(C(=O)O)ccc1Br. The van der Waals surface area contributed by atoms with Crippen molar-refractivity contribution in [1.29, 1.82) is 0 Å². The van der Waals surface area contributed by atoms with Crippen molar-refractivity contribution < 1.29 is 9.90 Å². The number of carbonyl (C=O) groups is 1. The molecule has 0 aliphatic heterocycles. The van der Waals surface area contributed by atoms with Gasteiger partial charge in [0.15, 0.2) is 0 Å². The number of benzene rings is 1. The van der Waals surface area contributed by atoms with Gasteiger partial charge in [-0.3, -0.25) is 0 Å². The van der Waals surface area contributed by atoms with Crippen LogP contribution in [-0.4, -0.2) is 11.1 Å².